The highest BCUT2D eigenvalue weighted by Crippen LogP contribution is 2.30. The summed E-state index contributed by atoms with van der Waals surface area (Å²) in [5.74, 6) is -0.268. The molecule has 2 amide bonds. The van der Waals surface area contributed by atoms with Gasteiger partial charge in [0.2, 0.25) is 11.8 Å². The molecule has 0 unspecified atom stereocenters. The average molecular weight is 633 g/mol. The van der Waals surface area contributed by atoms with Crippen molar-refractivity contribution in [2.24, 2.45) is 0 Å². The van der Waals surface area contributed by atoms with Crippen LogP contribution in [0.25, 0.3) is 0 Å². The van der Waals surface area contributed by atoms with Gasteiger partial charge in [0.25, 0.3) is 10.0 Å². The number of benzene rings is 3. The SMILES string of the molecule is COc1cccc(CN(C(=O)CN(c2cc(Cl)cc(Cl)c2)S(=O)(=O)c2ccc(C)cc2)[C@H](C)C(=O)NC2CCCC2)c1. The number of methoxy groups -OCH3 is 1. The molecule has 42 heavy (non-hydrogen) atoms. The Hall–Kier alpha value is -3.27. The number of amides is 2. The zero-order valence-corrected chi connectivity index (χ0v) is 26.2. The highest BCUT2D eigenvalue weighted by atomic mass is 35.5. The minimum absolute atomic E-state index is 0.00312. The standard InChI is InChI=1S/C31H35Cl2N3O5S/c1-21-11-13-29(14-12-21)42(39,40)36(27-17-24(32)16-25(33)18-27)20-30(37)35(19-23-7-6-10-28(15-23)41-3)22(2)31(38)34-26-8-4-5-9-26/h6-7,10-18,22,26H,4-5,8-9,19-20H2,1-3H3,(H,34,38)/t22-/m1/s1. The summed E-state index contributed by atoms with van der Waals surface area (Å²) >= 11 is 12.5. The molecule has 1 N–H and O–H groups in total. The van der Waals surface area contributed by atoms with E-state index in [1.165, 1.54) is 35.2 Å². The first-order chi connectivity index (χ1) is 20.0. The Bertz CT molecular complexity index is 1510. The van der Waals surface area contributed by atoms with Crippen LogP contribution in [-0.2, 0) is 26.2 Å². The van der Waals surface area contributed by atoms with Gasteiger partial charge in [0.05, 0.1) is 17.7 Å². The van der Waals surface area contributed by atoms with Crippen LogP contribution in [0.2, 0.25) is 10.0 Å². The van der Waals surface area contributed by atoms with Crippen molar-refractivity contribution >= 4 is 50.7 Å². The molecule has 3 aromatic rings. The molecule has 8 nitrogen and oxygen atoms in total. The number of nitrogens with one attached hydrogen (secondary N) is 1. The van der Waals surface area contributed by atoms with E-state index in [0.717, 1.165) is 41.1 Å². The van der Waals surface area contributed by atoms with Crippen LogP contribution in [-0.4, -0.2) is 50.9 Å². The number of hydrogen-bond acceptors (Lipinski definition) is 5. The van der Waals surface area contributed by atoms with E-state index in [0.29, 0.717) is 5.75 Å². The van der Waals surface area contributed by atoms with Gasteiger partial charge in [-0.05, 0) is 74.7 Å². The molecule has 1 aliphatic rings. The Morgan fingerprint density at radius 3 is 2.26 bits per heavy atom. The molecule has 1 atom stereocenters. The lowest BCUT2D eigenvalue weighted by Gasteiger charge is -2.32. The van der Waals surface area contributed by atoms with Gasteiger partial charge in [-0.3, -0.25) is 13.9 Å². The third-order valence-electron chi connectivity index (χ3n) is 7.38. The van der Waals surface area contributed by atoms with E-state index in [4.69, 9.17) is 27.9 Å². The Balaban J connectivity index is 1.72. The average Bonchev–Trinajstić information content (AvgIpc) is 3.47. The molecule has 1 saturated carbocycles. The third kappa shape index (κ3) is 7.76. The maximum atomic E-state index is 14.1. The smallest absolute Gasteiger partial charge is 0.264 e. The lowest BCUT2D eigenvalue weighted by molar-refractivity contribution is -0.139. The van der Waals surface area contributed by atoms with Crippen molar-refractivity contribution in [3.05, 3.63) is 87.9 Å². The molecule has 11 heteroatoms. The molecule has 0 saturated heterocycles. The summed E-state index contributed by atoms with van der Waals surface area (Å²) in [6.45, 7) is 2.97. The van der Waals surface area contributed by atoms with Gasteiger partial charge < -0.3 is 15.0 Å². The van der Waals surface area contributed by atoms with Crippen LogP contribution in [0.15, 0.2) is 71.6 Å². The van der Waals surface area contributed by atoms with E-state index < -0.39 is 28.5 Å². The van der Waals surface area contributed by atoms with Crippen LogP contribution in [0.3, 0.4) is 0 Å². The number of carbonyl (C=O) groups is 2. The molecule has 0 radical (unpaired) electrons. The summed E-state index contributed by atoms with van der Waals surface area (Å²) in [6.07, 6.45) is 3.86. The maximum absolute atomic E-state index is 14.1. The lowest BCUT2D eigenvalue weighted by Crippen LogP contribution is -2.52. The number of sulfonamides is 1. The molecule has 0 aliphatic heterocycles. The predicted molar refractivity (Wildman–Crippen MR) is 166 cm³/mol. The van der Waals surface area contributed by atoms with Crippen LogP contribution < -0.4 is 14.4 Å². The fraction of sp³-hybridized carbons (Fsp3) is 0.355. The number of ether oxygens (including phenoxy) is 1. The summed E-state index contributed by atoms with van der Waals surface area (Å²) in [5, 5.41) is 3.49. The summed E-state index contributed by atoms with van der Waals surface area (Å²) < 4.78 is 34.3. The van der Waals surface area contributed by atoms with Crippen molar-refractivity contribution in [3.8, 4) is 5.75 Å². The molecule has 3 aromatic carbocycles. The van der Waals surface area contributed by atoms with E-state index in [2.05, 4.69) is 5.32 Å². The fourth-order valence-electron chi connectivity index (χ4n) is 4.99. The number of aryl methyl sites for hydroxylation is 1. The quantitative estimate of drug-likeness (QED) is 0.281. The number of anilines is 1. The van der Waals surface area contributed by atoms with Crippen molar-refractivity contribution in [2.45, 2.75) is 63.1 Å². The van der Waals surface area contributed by atoms with Gasteiger partial charge >= 0.3 is 0 Å². The summed E-state index contributed by atoms with van der Waals surface area (Å²) in [7, 11) is -2.69. The molecule has 224 valence electrons. The first-order valence-corrected chi connectivity index (χ1v) is 16.0. The second kappa shape index (κ2) is 13.8. The van der Waals surface area contributed by atoms with Gasteiger partial charge in [0.15, 0.2) is 0 Å². The molecule has 4 rings (SSSR count). The van der Waals surface area contributed by atoms with Gasteiger partial charge in [0, 0.05) is 22.6 Å². The number of nitrogens with zero attached hydrogens (tertiary/aromatic N) is 2. The van der Waals surface area contributed by atoms with E-state index in [1.54, 1.807) is 44.4 Å². The van der Waals surface area contributed by atoms with E-state index in [1.807, 2.05) is 13.0 Å². The van der Waals surface area contributed by atoms with E-state index in [9.17, 15) is 18.0 Å². The molecule has 1 aliphatic carbocycles. The lowest BCUT2D eigenvalue weighted by atomic mass is 10.1. The van der Waals surface area contributed by atoms with Gasteiger partial charge in [-0.2, -0.15) is 0 Å². The highest BCUT2D eigenvalue weighted by Gasteiger charge is 2.33. The molecule has 0 heterocycles. The minimum Gasteiger partial charge on any atom is -0.497 e. The van der Waals surface area contributed by atoms with E-state index in [-0.39, 0.29) is 39.1 Å². The van der Waals surface area contributed by atoms with Crippen LogP contribution in [0, 0.1) is 6.92 Å². The Morgan fingerprint density at radius 1 is 1.00 bits per heavy atom. The van der Waals surface area contributed by atoms with Gasteiger partial charge in [0.1, 0.15) is 18.3 Å². The van der Waals surface area contributed by atoms with E-state index >= 15 is 0 Å². The number of carbonyl (C=O) groups excluding carboxylic acids is 2. The summed E-state index contributed by atoms with van der Waals surface area (Å²) in [6, 6.07) is 17.1. The molecule has 0 bridgehead atoms. The Kier molecular flexibility index (Phi) is 10.4. The molecule has 0 spiro atoms. The first kappa shape index (κ1) is 31.7. The van der Waals surface area contributed by atoms with Crippen LogP contribution in [0.1, 0.15) is 43.7 Å². The highest BCUT2D eigenvalue weighted by molar-refractivity contribution is 7.92. The molecular formula is C31H35Cl2N3O5S. The Labute approximate surface area is 257 Å². The van der Waals surface area contributed by atoms with Crippen molar-refractivity contribution in [2.75, 3.05) is 18.0 Å². The minimum atomic E-state index is -4.23. The zero-order valence-electron chi connectivity index (χ0n) is 23.8. The second-order valence-corrected chi connectivity index (χ2v) is 13.2. The first-order valence-electron chi connectivity index (χ1n) is 13.8. The van der Waals surface area contributed by atoms with Crippen molar-refractivity contribution in [3.63, 3.8) is 0 Å². The van der Waals surface area contributed by atoms with Crippen LogP contribution in [0.5, 0.6) is 5.75 Å². The predicted octanol–water partition coefficient (Wildman–Crippen LogP) is 5.98. The zero-order chi connectivity index (χ0) is 30.4. The Morgan fingerprint density at radius 2 is 1.64 bits per heavy atom. The fourth-order valence-corrected chi connectivity index (χ4v) is 6.90. The van der Waals surface area contributed by atoms with Gasteiger partial charge in [-0.15, -0.1) is 0 Å². The summed E-state index contributed by atoms with van der Waals surface area (Å²) in [5.41, 5.74) is 1.74. The van der Waals surface area contributed by atoms with Gasteiger partial charge in [-0.1, -0.05) is 65.9 Å². The monoisotopic (exact) mass is 631 g/mol. The third-order valence-corrected chi connectivity index (χ3v) is 9.60. The number of rotatable bonds is 11. The molecule has 0 aromatic heterocycles. The van der Waals surface area contributed by atoms with Gasteiger partial charge in [-0.25, -0.2) is 8.42 Å². The largest absolute Gasteiger partial charge is 0.497 e. The normalized spacial score (nSPS) is 14.3. The molecule has 1 fully saturated rings. The van der Waals surface area contributed by atoms with Crippen molar-refractivity contribution in [1.82, 2.24) is 10.2 Å². The number of hydrogen-bond donors (Lipinski definition) is 1. The van der Waals surface area contributed by atoms with Crippen LogP contribution in [0.4, 0.5) is 5.69 Å². The van der Waals surface area contributed by atoms with Crippen molar-refractivity contribution in [1.29, 1.82) is 0 Å². The topological polar surface area (TPSA) is 96.0 Å². The maximum Gasteiger partial charge on any atom is 0.264 e. The molecular weight excluding hydrogens is 597 g/mol. The number of halogens is 2. The summed E-state index contributed by atoms with van der Waals surface area (Å²) in [4.78, 5) is 28.9. The van der Waals surface area contributed by atoms with Crippen LogP contribution >= 0.6 is 23.2 Å². The van der Waals surface area contributed by atoms with Crippen molar-refractivity contribution < 1.29 is 22.7 Å². The second-order valence-electron chi connectivity index (χ2n) is 10.5.